The predicted octanol–water partition coefficient (Wildman–Crippen LogP) is 2.76. The Hall–Kier alpha value is -3.87. The molecule has 1 aliphatic heterocycles. The van der Waals surface area contributed by atoms with Gasteiger partial charge in [0.2, 0.25) is 5.88 Å². The minimum atomic E-state index is -0.357. The fraction of sp³-hybridized carbons (Fsp3) is 0.370. The summed E-state index contributed by atoms with van der Waals surface area (Å²) in [5.74, 6) is 0.0424. The number of aromatic nitrogens is 3. The first-order chi connectivity index (χ1) is 17.4. The van der Waals surface area contributed by atoms with Crippen LogP contribution in [0.3, 0.4) is 0 Å². The van der Waals surface area contributed by atoms with Crippen LogP contribution in [-0.4, -0.2) is 74.7 Å². The molecule has 0 saturated carbocycles. The quantitative estimate of drug-likeness (QED) is 0.542. The molecule has 3 atom stereocenters. The molecule has 3 aromatic rings. The van der Waals surface area contributed by atoms with E-state index in [-0.39, 0.29) is 36.5 Å². The van der Waals surface area contributed by atoms with Gasteiger partial charge in [0.25, 0.3) is 5.91 Å². The number of aliphatic hydroxyl groups is 1. The second kappa shape index (κ2) is 11.2. The van der Waals surface area contributed by atoms with E-state index in [9.17, 15) is 9.90 Å². The van der Waals surface area contributed by atoms with Crippen molar-refractivity contribution in [1.29, 1.82) is 5.26 Å². The van der Waals surface area contributed by atoms with Crippen LogP contribution in [0, 0.1) is 17.2 Å². The molecule has 36 heavy (non-hydrogen) atoms. The molecule has 3 heterocycles. The largest absolute Gasteiger partial charge is 0.472 e. The molecule has 0 fully saturated rings. The van der Waals surface area contributed by atoms with E-state index < -0.39 is 0 Å². The third-order valence-electron chi connectivity index (χ3n) is 6.43. The van der Waals surface area contributed by atoms with Crippen molar-refractivity contribution in [2.75, 3.05) is 26.7 Å². The minimum Gasteiger partial charge on any atom is -0.472 e. The fourth-order valence-corrected chi connectivity index (χ4v) is 4.31. The number of ether oxygens (including phenoxy) is 1. The van der Waals surface area contributed by atoms with Gasteiger partial charge in [0.15, 0.2) is 0 Å². The third kappa shape index (κ3) is 5.67. The molecule has 0 unspecified atom stereocenters. The highest BCUT2D eigenvalue weighted by Gasteiger charge is 2.34. The summed E-state index contributed by atoms with van der Waals surface area (Å²) in [6.45, 7) is 5.43. The van der Waals surface area contributed by atoms with Gasteiger partial charge < -0.3 is 14.7 Å². The Morgan fingerprint density at radius 2 is 1.94 bits per heavy atom. The number of hydrogen-bond acceptors (Lipinski definition) is 8. The minimum absolute atomic E-state index is 0.00873. The third-order valence-corrected chi connectivity index (χ3v) is 6.43. The van der Waals surface area contributed by atoms with Gasteiger partial charge in [0.05, 0.1) is 24.3 Å². The smallest absolute Gasteiger partial charge is 0.259 e. The van der Waals surface area contributed by atoms with Gasteiger partial charge in [-0.3, -0.25) is 9.69 Å². The van der Waals surface area contributed by atoms with E-state index in [0.29, 0.717) is 30.8 Å². The van der Waals surface area contributed by atoms with Crippen molar-refractivity contribution in [3.63, 3.8) is 0 Å². The number of nitrogens with zero attached hydrogens (tertiary/aromatic N) is 6. The highest BCUT2D eigenvalue weighted by Crippen LogP contribution is 2.30. The lowest BCUT2D eigenvalue weighted by atomic mass is 9.99. The number of pyridine rings is 1. The molecule has 186 valence electrons. The van der Waals surface area contributed by atoms with Crippen molar-refractivity contribution in [3.8, 4) is 23.1 Å². The van der Waals surface area contributed by atoms with E-state index in [0.717, 1.165) is 16.7 Å². The van der Waals surface area contributed by atoms with Crippen molar-refractivity contribution in [2.45, 2.75) is 32.5 Å². The number of aliphatic hydroxyl groups excluding tert-OH is 1. The van der Waals surface area contributed by atoms with Gasteiger partial charge >= 0.3 is 0 Å². The molecule has 1 N–H and O–H groups in total. The fourth-order valence-electron chi connectivity index (χ4n) is 4.31. The number of likely N-dealkylation sites (N-methyl/N-ethyl adjacent to an activating group) is 1. The standard InChI is InChI=1S/C27H30N6O3/c1-18-13-33(19(2)16-34)27(35)24-8-23(22-6-4-20(9-28)5-7-22)12-31-26(24)36-25(18)15-32(3)14-21-10-29-17-30-11-21/h4-8,10-12,17-19,25,34H,13-16H2,1-3H3/t18-,19+,25-/m1/s1. The summed E-state index contributed by atoms with van der Waals surface area (Å²) in [6.07, 6.45) is 6.52. The van der Waals surface area contributed by atoms with Gasteiger partial charge in [0, 0.05) is 55.3 Å². The van der Waals surface area contributed by atoms with E-state index in [2.05, 4.69) is 25.9 Å². The number of carbonyl (C=O) groups is 1. The second-order valence-electron chi connectivity index (χ2n) is 9.33. The van der Waals surface area contributed by atoms with Crippen LogP contribution in [0.15, 0.2) is 55.2 Å². The molecule has 4 rings (SSSR count). The molecular weight excluding hydrogens is 456 g/mol. The average Bonchev–Trinajstić information content (AvgIpc) is 2.90. The zero-order valence-corrected chi connectivity index (χ0v) is 20.7. The van der Waals surface area contributed by atoms with Crippen LogP contribution in [-0.2, 0) is 6.54 Å². The lowest BCUT2D eigenvalue weighted by Gasteiger charge is -2.37. The number of nitriles is 1. The maximum absolute atomic E-state index is 13.6. The summed E-state index contributed by atoms with van der Waals surface area (Å²) in [7, 11) is 2.00. The van der Waals surface area contributed by atoms with Gasteiger partial charge in [-0.25, -0.2) is 15.0 Å². The Balaban J connectivity index is 1.66. The molecule has 9 heteroatoms. The van der Waals surface area contributed by atoms with E-state index in [1.165, 1.54) is 6.33 Å². The summed E-state index contributed by atoms with van der Waals surface area (Å²) in [5, 5.41) is 19.0. The molecule has 1 amide bonds. The SMILES string of the molecule is C[C@@H]1CN([C@@H](C)CO)C(=O)c2cc(-c3ccc(C#N)cc3)cnc2O[C@@H]1CN(C)Cc1cncnc1. The van der Waals surface area contributed by atoms with Crippen LogP contribution < -0.4 is 4.74 Å². The van der Waals surface area contributed by atoms with Gasteiger partial charge in [-0.15, -0.1) is 0 Å². The van der Waals surface area contributed by atoms with Crippen molar-refractivity contribution in [1.82, 2.24) is 24.8 Å². The molecule has 0 aliphatic carbocycles. The monoisotopic (exact) mass is 486 g/mol. The van der Waals surface area contributed by atoms with Crippen LogP contribution in [0.4, 0.5) is 0 Å². The van der Waals surface area contributed by atoms with E-state index in [1.54, 1.807) is 41.7 Å². The molecule has 9 nitrogen and oxygen atoms in total. The molecule has 1 aromatic carbocycles. The maximum atomic E-state index is 13.6. The molecule has 0 saturated heterocycles. The molecule has 0 bridgehead atoms. The molecular formula is C27H30N6O3. The summed E-state index contributed by atoms with van der Waals surface area (Å²) < 4.78 is 6.38. The highest BCUT2D eigenvalue weighted by molar-refractivity contribution is 5.98. The predicted molar refractivity (Wildman–Crippen MR) is 134 cm³/mol. The molecule has 0 radical (unpaired) electrons. The normalized spacial score (nSPS) is 18.6. The topological polar surface area (TPSA) is 115 Å². The number of hydrogen-bond donors (Lipinski definition) is 1. The Labute approximate surface area is 211 Å². The summed E-state index contributed by atoms with van der Waals surface area (Å²) in [4.78, 5) is 30.2. The molecule has 2 aromatic heterocycles. The molecule has 0 spiro atoms. The zero-order chi connectivity index (χ0) is 25.7. The van der Waals surface area contributed by atoms with Crippen LogP contribution in [0.25, 0.3) is 11.1 Å². The van der Waals surface area contributed by atoms with Crippen LogP contribution in [0.5, 0.6) is 5.88 Å². The van der Waals surface area contributed by atoms with Gasteiger partial charge in [-0.2, -0.15) is 5.26 Å². The first-order valence-electron chi connectivity index (χ1n) is 11.9. The van der Waals surface area contributed by atoms with E-state index in [4.69, 9.17) is 10.00 Å². The van der Waals surface area contributed by atoms with E-state index in [1.807, 2.05) is 33.0 Å². The Morgan fingerprint density at radius 1 is 1.22 bits per heavy atom. The van der Waals surface area contributed by atoms with Crippen LogP contribution in [0.2, 0.25) is 0 Å². The van der Waals surface area contributed by atoms with Crippen LogP contribution >= 0.6 is 0 Å². The lowest BCUT2D eigenvalue weighted by molar-refractivity contribution is 0.0325. The Bertz CT molecular complexity index is 1230. The van der Waals surface area contributed by atoms with Crippen molar-refractivity contribution >= 4 is 5.91 Å². The number of carbonyl (C=O) groups excluding carboxylic acids is 1. The molecule has 1 aliphatic rings. The zero-order valence-electron chi connectivity index (χ0n) is 20.7. The summed E-state index contributed by atoms with van der Waals surface area (Å²) in [5.41, 5.74) is 3.50. The Kier molecular flexibility index (Phi) is 7.88. The Morgan fingerprint density at radius 3 is 2.61 bits per heavy atom. The van der Waals surface area contributed by atoms with Gasteiger partial charge in [-0.05, 0) is 37.7 Å². The average molecular weight is 487 g/mol. The lowest BCUT2D eigenvalue weighted by Crippen LogP contribution is -2.49. The van der Waals surface area contributed by atoms with Crippen molar-refractivity contribution < 1.29 is 14.6 Å². The van der Waals surface area contributed by atoms with Crippen molar-refractivity contribution in [2.24, 2.45) is 5.92 Å². The van der Waals surface area contributed by atoms with Crippen LogP contribution in [0.1, 0.15) is 35.3 Å². The second-order valence-corrected chi connectivity index (χ2v) is 9.33. The van der Waals surface area contributed by atoms with Crippen molar-refractivity contribution in [3.05, 3.63) is 71.9 Å². The first-order valence-corrected chi connectivity index (χ1v) is 11.9. The number of rotatable bonds is 7. The number of amides is 1. The van der Waals surface area contributed by atoms with E-state index >= 15 is 0 Å². The maximum Gasteiger partial charge on any atom is 0.259 e. The van der Waals surface area contributed by atoms with Gasteiger partial charge in [-0.1, -0.05) is 19.1 Å². The highest BCUT2D eigenvalue weighted by atomic mass is 16.5. The summed E-state index contributed by atoms with van der Waals surface area (Å²) in [6, 6.07) is 10.7. The number of benzene rings is 1. The van der Waals surface area contributed by atoms with Gasteiger partial charge in [0.1, 0.15) is 18.0 Å². The first kappa shape index (κ1) is 25.2. The number of fused-ring (bicyclic) bond motifs is 1. The summed E-state index contributed by atoms with van der Waals surface area (Å²) >= 11 is 0.